The molecule has 1 heterocycles. The minimum atomic E-state index is -0.0729. The zero-order chi connectivity index (χ0) is 11.2. The second kappa shape index (κ2) is 3.34. The molecule has 0 saturated heterocycles. The van der Waals surface area contributed by atoms with E-state index < -0.39 is 0 Å². The predicted octanol–water partition coefficient (Wildman–Crippen LogP) is 2.68. The number of anilines is 1. The van der Waals surface area contributed by atoms with Crippen molar-refractivity contribution in [2.24, 2.45) is 0 Å². The Bertz CT molecular complexity index is 432. The third-order valence-electron chi connectivity index (χ3n) is 4.09. The van der Waals surface area contributed by atoms with Gasteiger partial charge in [-0.25, -0.2) is 0 Å². The van der Waals surface area contributed by atoms with Crippen LogP contribution in [0.4, 0.5) is 5.69 Å². The van der Waals surface area contributed by atoms with Crippen molar-refractivity contribution >= 4 is 11.6 Å². The highest BCUT2D eigenvalue weighted by atomic mass is 16.2. The van der Waals surface area contributed by atoms with Crippen LogP contribution in [0.15, 0.2) is 24.3 Å². The third-order valence-corrected chi connectivity index (χ3v) is 4.09. The van der Waals surface area contributed by atoms with E-state index in [1.165, 1.54) is 31.2 Å². The standard InChI is InChI=1S/C14H16NO/c1-11(16)15-10-14(8-4-5-9-14)12-6-2-3-7-13(12)15/h2-3,6-7H,1,4-5,8-10H2. The number of rotatable bonds is 0. The van der Waals surface area contributed by atoms with Gasteiger partial charge in [0.15, 0.2) is 0 Å². The van der Waals surface area contributed by atoms with Gasteiger partial charge in [0.05, 0.1) is 0 Å². The lowest BCUT2D eigenvalue weighted by molar-refractivity contribution is -0.114. The molecular weight excluding hydrogens is 198 g/mol. The van der Waals surface area contributed by atoms with Gasteiger partial charge in [0.25, 0.3) is 0 Å². The molecule has 2 aliphatic rings. The number of benzene rings is 1. The van der Waals surface area contributed by atoms with Gasteiger partial charge < -0.3 is 4.90 Å². The first-order valence-corrected chi connectivity index (χ1v) is 5.96. The summed E-state index contributed by atoms with van der Waals surface area (Å²) >= 11 is 0. The minimum absolute atomic E-state index is 0.0729. The normalized spacial score (nSPS) is 21.4. The van der Waals surface area contributed by atoms with E-state index in [0.29, 0.717) is 0 Å². The lowest BCUT2D eigenvalue weighted by atomic mass is 9.81. The van der Waals surface area contributed by atoms with Crippen LogP contribution in [0.3, 0.4) is 0 Å². The topological polar surface area (TPSA) is 20.3 Å². The first kappa shape index (κ1) is 9.88. The molecule has 1 aliphatic heterocycles. The van der Waals surface area contributed by atoms with Gasteiger partial charge in [-0.2, -0.15) is 0 Å². The fourth-order valence-corrected chi connectivity index (χ4v) is 3.33. The number of carbonyl (C=O) groups excluding carboxylic acids is 1. The molecule has 0 aromatic heterocycles. The Labute approximate surface area is 96.3 Å². The highest BCUT2D eigenvalue weighted by molar-refractivity contribution is 5.99. The largest absolute Gasteiger partial charge is 0.311 e. The summed E-state index contributed by atoms with van der Waals surface area (Å²) in [4.78, 5) is 13.4. The van der Waals surface area contributed by atoms with E-state index in [-0.39, 0.29) is 11.3 Å². The Morgan fingerprint density at radius 3 is 2.62 bits per heavy atom. The molecular formula is C14H16NO. The quantitative estimate of drug-likeness (QED) is 0.650. The highest BCUT2D eigenvalue weighted by Gasteiger charge is 2.45. The van der Waals surface area contributed by atoms with Crippen LogP contribution in [0, 0.1) is 6.92 Å². The third kappa shape index (κ3) is 1.22. The van der Waals surface area contributed by atoms with Gasteiger partial charge in [-0.1, -0.05) is 31.0 Å². The fourth-order valence-electron chi connectivity index (χ4n) is 3.33. The van der Waals surface area contributed by atoms with Crippen molar-refractivity contribution < 1.29 is 4.79 Å². The van der Waals surface area contributed by atoms with Crippen LogP contribution in [-0.2, 0) is 10.2 Å². The van der Waals surface area contributed by atoms with E-state index in [4.69, 9.17) is 0 Å². The monoisotopic (exact) mass is 214 g/mol. The first-order valence-electron chi connectivity index (χ1n) is 5.96. The second-order valence-electron chi connectivity index (χ2n) is 4.98. The molecule has 2 heteroatoms. The van der Waals surface area contributed by atoms with Crippen molar-refractivity contribution in [1.82, 2.24) is 0 Å². The summed E-state index contributed by atoms with van der Waals surface area (Å²) in [5.41, 5.74) is 2.69. The summed E-state index contributed by atoms with van der Waals surface area (Å²) in [5.74, 6) is -0.0729. The number of hydrogen-bond acceptors (Lipinski definition) is 1. The van der Waals surface area contributed by atoms with Crippen molar-refractivity contribution in [2.45, 2.75) is 31.1 Å². The zero-order valence-corrected chi connectivity index (χ0v) is 9.41. The van der Waals surface area contributed by atoms with E-state index in [1.54, 1.807) is 0 Å². The Balaban J connectivity index is 2.11. The lowest BCUT2D eigenvalue weighted by Gasteiger charge is -2.24. The first-order chi connectivity index (χ1) is 7.73. The minimum Gasteiger partial charge on any atom is -0.311 e. The van der Waals surface area contributed by atoms with Crippen LogP contribution in [0.2, 0.25) is 0 Å². The van der Waals surface area contributed by atoms with E-state index in [0.717, 1.165) is 12.2 Å². The van der Waals surface area contributed by atoms with Crippen LogP contribution < -0.4 is 4.90 Å². The Morgan fingerprint density at radius 1 is 1.25 bits per heavy atom. The molecule has 0 bridgehead atoms. The predicted molar refractivity (Wildman–Crippen MR) is 64.3 cm³/mol. The maximum atomic E-state index is 11.6. The Morgan fingerprint density at radius 2 is 1.94 bits per heavy atom. The molecule has 1 fully saturated rings. The van der Waals surface area contributed by atoms with Crippen LogP contribution >= 0.6 is 0 Å². The molecule has 0 atom stereocenters. The van der Waals surface area contributed by atoms with E-state index >= 15 is 0 Å². The number of amides is 1. The fraction of sp³-hybridized carbons (Fsp3) is 0.429. The molecule has 83 valence electrons. The van der Waals surface area contributed by atoms with Crippen molar-refractivity contribution in [3.63, 3.8) is 0 Å². The molecule has 1 spiro atoms. The maximum Gasteiger partial charge on any atom is 0.227 e. The molecule has 1 aliphatic carbocycles. The van der Waals surface area contributed by atoms with Gasteiger partial charge in [-0.3, -0.25) is 4.79 Å². The summed E-state index contributed by atoms with van der Waals surface area (Å²) in [6.07, 6.45) is 5.00. The highest BCUT2D eigenvalue weighted by Crippen LogP contribution is 2.50. The van der Waals surface area contributed by atoms with Crippen LogP contribution in [0.1, 0.15) is 31.2 Å². The van der Waals surface area contributed by atoms with Crippen LogP contribution in [0.25, 0.3) is 0 Å². The van der Waals surface area contributed by atoms with Crippen LogP contribution in [-0.4, -0.2) is 12.5 Å². The molecule has 1 aromatic rings. The SMILES string of the molecule is [CH2]C(=O)N1CC2(CCCC2)c2ccccc21. The zero-order valence-electron chi connectivity index (χ0n) is 9.41. The van der Waals surface area contributed by atoms with Gasteiger partial charge in [0.2, 0.25) is 5.91 Å². The van der Waals surface area contributed by atoms with Crippen molar-refractivity contribution in [3.05, 3.63) is 36.8 Å². The molecule has 0 unspecified atom stereocenters. The molecule has 2 nitrogen and oxygen atoms in total. The molecule has 3 rings (SSSR count). The van der Waals surface area contributed by atoms with E-state index in [1.807, 2.05) is 17.0 Å². The number of hydrogen-bond donors (Lipinski definition) is 0. The van der Waals surface area contributed by atoms with Gasteiger partial charge in [-0.05, 0) is 24.5 Å². The van der Waals surface area contributed by atoms with Crippen LogP contribution in [0.5, 0.6) is 0 Å². The number of carbonyl (C=O) groups is 1. The number of nitrogens with zero attached hydrogens (tertiary/aromatic N) is 1. The number of para-hydroxylation sites is 1. The summed E-state index contributed by atoms with van der Waals surface area (Å²) in [5, 5.41) is 0. The summed E-state index contributed by atoms with van der Waals surface area (Å²) < 4.78 is 0. The van der Waals surface area contributed by atoms with Crippen molar-refractivity contribution in [1.29, 1.82) is 0 Å². The average Bonchev–Trinajstić information content (AvgIpc) is 2.87. The molecule has 1 aromatic carbocycles. The molecule has 1 saturated carbocycles. The molecule has 16 heavy (non-hydrogen) atoms. The Kier molecular flexibility index (Phi) is 2.06. The average molecular weight is 214 g/mol. The molecule has 1 amide bonds. The van der Waals surface area contributed by atoms with Gasteiger partial charge in [-0.15, -0.1) is 0 Å². The van der Waals surface area contributed by atoms with Gasteiger partial charge in [0.1, 0.15) is 0 Å². The van der Waals surface area contributed by atoms with Crippen molar-refractivity contribution in [2.75, 3.05) is 11.4 Å². The maximum absolute atomic E-state index is 11.6. The number of fused-ring (bicyclic) bond motifs is 2. The van der Waals surface area contributed by atoms with Gasteiger partial charge in [0, 0.05) is 24.6 Å². The lowest BCUT2D eigenvalue weighted by Crippen LogP contribution is -2.34. The summed E-state index contributed by atoms with van der Waals surface area (Å²) in [6, 6.07) is 8.31. The van der Waals surface area contributed by atoms with E-state index in [9.17, 15) is 4.79 Å². The summed E-state index contributed by atoms with van der Waals surface area (Å²) in [7, 11) is 0. The Hall–Kier alpha value is -1.31. The smallest absolute Gasteiger partial charge is 0.227 e. The summed E-state index contributed by atoms with van der Waals surface area (Å²) in [6.45, 7) is 4.40. The van der Waals surface area contributed by atoms with E-state index in [2.05, 4.69) is 19.1 Å². The molecule has 1 radical (unpaired) electrons. The van der Waals surface area contributed by atoms with Crippen molar-refractivity contribution in [3.8, 4) is 0 Å². The second-order valence-corrected chi connectivity index (χ2v) is 4.98. The molecule has 0 N–H and O–H groups in total. The van der Waals surface area contributed by atoms with Gasteiger partial charge >= 0.3 is 0 Å².